The molecule has 0 amide bonds. The molecule has 1 aromatic carbocycles. The zero-order valence-electron chi connectivity index (χ0n) is 5.20. The van der Waals surface area contributed by atoms with Gasteiger partial charge in [-0.05, 0) is 17.7 Å². The van der Waals surface area contributed by atoms with Gasteiger partial charge in [-0.2, -0.15) is 0 Å². The molecule has 0 atom stereocenters. The third kappa shape index (κ3) is 1.87. The summed E-state index contributed by atoms with van der Waals surface area (Å²) < 4.78 is 0. The average molecular weight is 175 g/mol. The molecule has 2 N–H and O–H groups in total. The van der Waals surface area contributed by atoms with Crippen LogP contribution in [0.3, 0.4) is 0 Å². The van der Waals surface area contributed by atoms with Crippen LogP contribution in [0.15, 0.2) is 12.1 Å². The Bertz CT molecular complexity index is 215. The number of rotatable bonds is 1. The zero-order chi connectivity index (χ0) is 7.56. The molecule has 0 fully saturated rings. The smallest absolute Gasteiger partial charge is 0.0503 e. The van der Waals surface area contributed by atoms with E-state index in [4.69, 9.17) is 28.9 Å². The standard InChI is InChI=1S/C7H6Cl2N/c8-6-1-5(4-10)2-7(9)3-6/h1-2H,4,10H2. The van der Waals surface area contributed by atoms with Gasteiger partial charge in [-0.1, -0.05) is 23.2 Å². The van der Waals surface area contributed by atoms with Crippen molar-refractivity contribution in [2.75, 3.05) is 0 Å². The largest absolute Gasteiger partial charge is 0.326 e. The lowest BCUT2D eigenvalue weighted by Gasteiger charge is -1.96. The Morgan fingerprint density at radius 2 is 1.80 bits per heavy atom. The molecule has 0 unspecified atom stereocenters. The summed E-state index contributed by atoms with van der Waals surface area (Å²) in [4.78, 5) is 0. The molecule has 0 saturated heterocycles. The number of halogens is 2. The first kappa shape index (κ1) is 7.86. The maximum atomic E-state index is 5.63. The lowest BCUT2D eigenvalue weighted by Crippen LogP contribution is -1.95. The van der Waals surface area contributed by atoms with Gasteiger partial charge in [-0.15, -0.1) is 0 Å². The molecule has 10 heavy (non-hydrogen) atoms. The van der Waals surface area contributed by atoms with Crippen LogP contribution in [0.4, 0.5) is 0 Å². The van der Waals surface area contributed by atoms with Gasteiger partial charge in [-0.25, -0.2) is 0 Å². The van der Waals surface area contributed by atoms with E-state index in [1.165, 1.54) is 0 Å². The summed E-state index contributed by atoms with van der Waals surface area (Å²) in [6.07, 6.45) is 0. The average Bonchev–Trinajstić information content (AvgIpc) is 1.85. The fraction of sp³-hybridized carbons (Fsp3) is 0.143. The van der Waals surface area contributed by atoms with Crippen LogP contribution in [-0.4, -0.2) is 0 Å². The summed E-state index contributed by atoms with van der Waals surface area (Å²) in [6.45, 7) is 0.452. The minimum atomic E-state index is 0.452. The van der Waals surface area contributed by atoms with Crippen LogP contribution in [0.5, 0.6) is 0 Å². The van der Waals surface area contributed by atoms with Crippen molar-refractivity contribution < 1.29 is 0 Å². The van der Waals surface area contributed by atoms with Gasteiger partial charge in [0.25, 0.3) is 0 Å². The fourth-order valence-corrected chi connectivity index (χ4v) is 1.20. The SMILES string of the molecule is NCc1cc(Cl)[c]c(Cl)c1. The van der Waals surface area contributed by atoms with E-state index in [0.717, 1.165) is 5.56 Å². The molecule has 1 nitrogen and oxygen atoms in total. The van der Waals surface area contributed by atoms with Gasteiger partial charge < -0.3 is 5.73 Å². The summed E-state index contributed by atoms with van der Waals surface area (Å²) in [5.41, 5.74) is 6.28. The highest BCUT2D eigenvalue weighted by atomic mass is 35.5. The molecular weight excluding hydrogens is 169 g/mol. The van der Waals surface area contributed by atoms with Gasteiger partial charge in [-0.3, -0.25) is 0 Å². The van der Waals surface area contributed by atoms with Crippen LogP contribution < -0.4 is 5.73 Å². The lowest BCUT2D eigenvalue weighted by molar-refractivity contribution is 1.07. The van der Waals surface area contributed by atoms with Gasteiger partial charge >= 0.3 is 0 Å². The van der Waals surface area contributed by atoms with E-state index in [0.29, 0.717) is 16.6 Å². The molecule has 3 heteroatoms. The van der Waals surface area contributed by atoms with Crippen molar-refractivity contribution >= 4 is 23.2 Å². The Labute approximate surface area is 69.7 Å². The van der Waals surface area contributed by atoms with Gasteiger partial charge in [0.15, 0.2) is 0 Å². The Morgan fingerprint density at radius 1 is 1.30 bits per heavy atom. The first-order valence-corrected chi connectivity index (χ1v) is 3.55. The molecule has 1 rings (SSSR count). The molecule has 0 bridgehead atoms. The van der Waals surface area contributed by atoms with Crippen LogP contribution in [0.2, 0.25) is 10.0 Å². The van der Waals surface area contributed by atoms with Crippen LogP contribution in [0, 0.1) is 6.07 Å². The highest BCUT2D eigenvalue weighted by molar-refractivity contribution is 6.34. The molecule has 0 aliphatic rings. The molecule has 0 aromatic heterocycles. The zero-order valence-corrected chi connectivity index (χ0v) is 6.71. The Hall–Kier alpha value is -0.240. The molecule has 0 aliphatic heterocycles. The minimum Gasteiger partial charge on any atom is -0.326 e. The normalized spacial score (nSPS) is 9.90. The first-order chi connectivity index (χ1) is 4.72. The van der Waals surface area contributed by atoms with Crippen molar-refractivity contribution in [3.63, 3.8) is 0 Å². The maximum Gasteiger partial charge on any atom is 0.0503 e. The van der Waals surface area contributed by atoms with Crippen molar-refractivity contribution in [3.8, 4) is 0 Å². The van der Waals surface area contributed by atoms with Crippen molar-refractivity contribution in [3.05, 3.63) is 33.8 Å². The van der Waals surface area contributed by atoms with Gasteiger partial charge in [0.2, 0.25) is 0 Å². The molecule has 0 aliphatic carbocycles. The van der Waals surface area contributed by atoms with Gasteiger partial charge in [0, 0.05) is 12.6 Å². The number of hydrogen-bond donors (Lipinski definition) is 1. The van der Waals surface area contributed by atoms with Crippen LogP contribution in [-0.2, 0) is 6.54 Å². The second-order valence-corrected chi connectivity index (χ2v) is 2.70. The number of benzene rings is 1. The summed E-state index contributed by atoms with van der Waals surface area (Å²) in [5.74, 6) is 0. The van der Waals surface area contributed by atoms with E-state index in [-0.39, 0.29) is 0 Å². The predicted octanol–water partition coefficient (Wildman–Crippen LogP) is 2.25. The quantitative estimate of drug-likeness (QED) is 0.695. The Morgan fingerprint density at radius 3 is 2.20 bits per heavy atom. The monoisotopic (exact) mass is 174 g/mol. The van der Waals surface area contributed by atoms with E-state index >= 15 is 0 Å². The summed E-state index contributed by atoms with van der Waals surface area (Å²) in [5, 5.41) is 1.01. The third-order valence-corrected chi connectivity index (χ3v) is 1.51. The maximum absolute atomic E-state index is 5.63. The molecule has 0 heterocycles. The van der Waals surface area contributed by atoms with Crippen LogP contribution >= 0.6 is 23.2 Å². The van der Waals surface area contributed by atoms with Crippen molar-refractivity contribution in [1.82, 2.24) is 0 Å². The van der Waals surface area contributed by atoms with Crippen molar-refractivity contribution in [2.45, 2.75) is 6.54 Å². The first-order valence-electron chi connectivity index (χ1n) is 2.79. The fourth-order valence-electron chi connectivity index (χ4n) is 0.671. The van der Waals surface area contributed by atoms with Gasteiger partial charge in [0.1, 0.15) is 0 Å². The minimum absolute atomic E-state index is 0.452. The summed E-state index contributed by atoms with van der Waals surface area (Å²) in [6, 6.07) is 6.21. The summed E-state index contributed by atoms with van der Waals surface area (Å²) in [7, 11) is 0. The van der Waals surface area contributed by atoms with E-state index < -0.39 is 0 Å². The van der Waals surface area contributed by atoms with E-state index in [2.05, 4.69) is 6.07 Å². The molecular formula is C7H6Cl2N. The molecule has 0 spiro atoms. The van der Waals surface area contributed by atoms with E-state index in [1.807, 2.05) is 0 Å². The van der Waals surface area contributed by atoms with Gasteiger partial charge in [0.05, 0.1) is 10.0 Å². The Kier molecular flexibility index (Phi) is 2.55. The van der Waals surface area contributed by atoms with Crippen molar-refractivity contribution in [2.24, 2.45) is 5.73 Å². The second kappa shape index (κ2) is 3.24. The Balaban J connectivity index is 3.06. The molecule has 1 aromatic rings. The van der Waals surface area contributed by atoms with E-state index in [1.54, 1.807) is 12.1 Å². The highest BCUT2D eigenvalue weighted by Gasteiger charge is 1.95. The second-order valence-electron chi connectivity index (χ2n) is 1.89. The topological polar surface area (TPSA) is 26.0 Å². The summed E-state index contributed by atoms with van der Waals surface area (Å²) >= 11 is 11.3. The van der Waals surface area contributed by atoms with Crippen LogP contribution in [0.1, 0.15) is 5.56 Å². The number of nitrogens with two attached hydrogens (primary N) is 1. The third-order valence-electron chi connectivity index (χ3n) is 1.10. The van der Waals surface area contributed by atoms with Crippen LogP contribution in [0.25, 0.3) is 0 Å². The van der Waals surface area contributed by atoms with Crippen molar-refractivity contribution in [1.29, 1.82) is 0 Å². The molecule has 1 radical (unpaired) electrons. The molecule has 0 saturated carbocycles. The lowest BCUT2D eigenvalue weighted by atomic mass is 10.2. The van der Waals surface area contributed by atoms with E-state index in [9.17, 15) is 0 Å². The highest BCUT2D eigenvalue weighted by Crippen LogP contribution is 2.17. The number of hydrogen-bond acceptors (Lipinski definition) is 1. The molecule has 53 valence electrons. The predicted molar refractivity (Wildman–Crippen MR) is 43.2 cm³/mol.